The zero-order valence-electron chi connectivity index (χ0n) is 14.1. The van der Waals surface area contributed by atoms with Crippen LogP contribution < -0.4 is 15.2 Å². The van der Waals surface area contributed by atoms with Crippen LogP contribution in [-0.2, 0) is 19.6 Å². The highest BCUT2D eigenvalue weighted by atomic mass is 32.2. The Morgan fingerprint density at radius 1 is 1.08 bits per heavy atom. The lowest BCUT2D eigenvalue weighted by molar-refractivity contribution is -0.125. The second kappa shape index (κ2) is 7.87. The van der Waals surface area contributed by atoms with Crippen molar-refractivity contribution in [2.75, 3.05) is 11.8 Å². The molecule has 2 rings (SSSR count). The monoisotopic (exact) mass is 378 g/mol. The Morgan fingerprint density at radius 2 is 1.69 bits per heavy atom. The van der Waals surface area contributed by atoms with Crippen LogP contribution in [0.1, 0.15) is 17.3 Å². The third-order valence-electron chi connectivity index (χ3n) is 3.44. The highest BCUT2D eigenvalue weighted by Crippen LogP contribution is 2.26. The van der Waals surface area contributed by atoms with Crippen LogP contribution in [-0.4, -0.2) is 33.5 Å². The maximum Gasteiger partial charge on any atom is 0.338 e. The van der Waals surface area contributed by atoms with Crippen LogP contribution in [0.5, 0.6) is 5.75 Å². The van der Waals surface area contributed by atoms with Gasteiger partial charge in [-0.25, -0.2) is 13.2 Å². The van der Waals surface area contributed by atoms with Crippen molar-refractivity contribution in [1.82, 2.24) is 0 Å². The quantitative estimate of drug-likeness (QED) is 0.704. The highest BCUT2D eigenvalue weighted by Gasteiger charge is 2.19. The number of anilines is 1. The molecule has 9 heteroatoms. The Hall–Kier alpha value is -3.07. The Bertz CT molecular complexity index is 909. The average molecular weight is 378 g/mol. The summed E-state index contributed by atoms with van der Waals surface area (Å²) in [6.07, 6.45) is -1.09. The molecule has 0 unspecified atom stereocenters. The third-order valence-corrected chi connectivity index (χ3v) is 4.82. The molecule has 0 aliphatic heterocycles. The van der Waals surface area contributed by atoms with Crippen LogP contribution in [0, 0.1) is 0 Å². The number of primary amides is 1. The first-order valence-electron chi connectivity index (χ1n) is 7.51. The number of carbonyl (C=O) groups excluding carboxylic acids is 2. The number of amides is 1. The maximum absolute atomic E-state index is 12.5. The lowest BCUT2D eigenvalue weighted by Gasteiger charge is -2.12. The number of sulfonamides is 1. The van der Waals surface area contributed by atoms with E-state index in [2.05, 4.69) is 4.72 Å². The van der Waals surface area contributed by atoms with E-state index in [1.54, 1.807) is 24.3 Å². The van der Waals surface area contributed by atoms with Crippen molar-refractivity contribution in [2.24, 2.45) is 5.73 Å². The number of nitrogens with two attached hydrogens (primary N) is 1. The molecule has 0 saturated heterocycles. The molecule has 0 radical (unpaired) electrons. The van der Waals surface area contributed by atoms with Crippen LogP contribution in [0.15, 0.2) is 53.4 Å². The molecule has 26 heavy (non-hydrogen) atoms. The minimum absolute atomic E-state index is 0.0529. The van der Waals surface area contributed by atoms with Gasteiger partial charge in [-0.3, -0.25) is 9.52 Å². The summed E-state index contributed by atoms with van der Waals surface area (Å²) in [4.78, 5) is 22.8. The van der Waals surface area contributed by atoms with E-state index in [0.29, 0.717) is 5.75 Å². The molecule has 1 amide bonds. The molecule has 0 fully saturated rings. The van der Waals surface area contributed by atoms with Gasteiger partial charge in [-0.1, -0.05) is 12.1 Å². The van der Waals surface area contributed by atoms with Gasteiger partial charge in [0.25, 0.3) is 15.9 Å². The molecular formula is C17H18N2O6S. The predicted molar refractivity (Wildman–Crippen MR) is 94.3 cm³/mol. The van der Waals surface area contributed by atoms with Crippen LogP contribution in [0.2, 0.25) is 0 Å². The Morgan fingerprint density at radius 3 is 2.27 bits per heavy atom. The lowest BCUT2D eigenvalue weighted by Crippen LogP contribution is -2.30. The summed E-state index contributed by atoms with van der Waals surface area (Å²) < 4.78 is 37.3. The number of rotatable bonds is 7. The molecule has 0 aliphatic rings. The van der Waals surface area contributed by atoms with Gasteiger partial charge in [0.1, 0.15) is 5.75 Å². The standard InChI is InChI=1S/C17H18N2O6S/c1-11(16(18)20)25-17(21)12-7-9-13(10-8-12)26(22,23)19-14-5-3-4-6-15(14)24-2/h3-11,19H,1-2H3,(H2,18,20)/t11-/m1/s1. The van der Waals surface area contributed by atoms with Crippen molar-refractivity contribution in [3.63, 3.8) is 0 Å². The van der Waals surface area contributed by atoms with E-state index < -0.39 is 28.0 Å². The number of hydrogen-bond donors (Lipinski definition) is 2. The maximum atomic E-state index is 12.5. The summed E-state index contributed by atoms with van der Waals surface area (Å²) in [7, 11) is -2.45. The predicted octanol–water partition coefficient (Wildman–Crippen LogP) is 1.53. The number of methoxy groups -OCH3 is 1. The van der Waals surface area contributed by atoms with Crippen LogP contribution in [0.25, 0.3) is 0 Å². The second-order valence-corrected chi connectivity index (χ2v) is 6.96. The van der Waals surface area contributed by atoms with E-state index >= 15 is 0 Å². The van der Waals surface area contributed by atoms with Crippen molar-refractivity contribution in [2.45, 2.75) is 17.9 Å². The largest absolute Gasteiger partial charge is 0.495 e. The summed E-state index contributed by atoms with van der Waals surface area (Å²) >= 11 is 0. The molecule has 0 aromatic heterocycles. The van der Waals surface area contributed by atoms with Gasteiger partial charge >= 0.3 is 5.97 Å². The van der Waals surface area contributed by atoms with Crippen molar-refractivity contribution in [3.05, 3.63) is 54.1 Å². The number of ether oxygens (including phenoxy) is 2. The smallest absolute Gasteiger partial charge is 0.338 e. The minimum atomic E-state index is -3.88. The molecule has 0 spiro atoms. The number of nitrogens with one attached hydrogen (secondary N) is 1. The molecule has 2 aromatic rings. The van der Waals surface area contributed by atoms with Gasteiger partial charge in [-0.05, 0) is 43.3 Å². The zero-order chi connectivity index (χ0) is 19.3. The first-order chi connectivity index (χ1) is 12.2. The first-order valence-corrected chi connectivity index (χ1v) is 8.99. The Kier molecular flexibility index (Phi) is 5.83. The first kappa shape index (κ1) is 19.3. The second-order valence-electron chi connectivity index (χ2n) is 5.28. The number of carbonyl (C=O) groups is 2. The molecule has 0 aliphatic carbocycles. The van der Waals surface area contributed by atoms with Gasteiger partial charge in [-0.15, -0.1) is 0 Å². The van der Waals surface area contributed by atoms with Gasteiger partial charge in [0.2, 0.25) is 0 Å². The van der Waals surface area contributed by atoms with Crippen LogP contribution in [0.4, 0.5) is 5.69 Å². The SMILES string of the molecule is COc1ccccc1NS(=O)(=O)c1ccc(C(=O)O[C@H](C)C(N)=O)cc1. The van der Waals surface area contributed by atoms with Crippen LogP contribution >= 0.6 is 0 Å². The Labute approximate surface area is 151 Å². The van der Waals surface area contributed by atoms with Gasteiger partial charge in [0.05, 0.1) is 23.3 Å². The van der Waals surface area contributed by atoms with Gasteiger partial charge in [0, 0.05) is 0 Å². The molecule has 1 atom stereocenters. The fourth-order valence-electron chi connectivity index (χ4n) is 1.99. The van der Waals surface area contributed by atoms with E-state index in [1.807, 2.05) is 0 Å². The fraction of sp³-hybridized carbons (Fsp3) is 0.176. The number of benzene rings is 2. The van der Waals surface area contributed by atoms with Crippen LogP contribution in [0.3, 0.4) is 0 Å². The molecular weight excluding hydrogens is 360 g/mol. The van der Waals surface area contributed by atoms with Gasteiger partial charge < -0.3 is 15.2 Å². The summed E-state index contributed by atoms with van der Waals surface area (Å²) in [5, 5.41) is 0. The zero-order valence-corrected chi connectivity index (χ0v) is 14.9. The number of esters is 1. The molecule has 0 bridgehead atoms. The fourth-order valence-corrected chi connectivity index (χ4v) is 3.06. The van der Waals surface area contributed by atoms with E-state index in [1.165, 1.54) is 38.3 Å². The van der Waals surface area contributed by atoms with E-state index in [-0.39, 0.29) is 16.1 Å². The number of hydrogen-bond acceptors (Lipinski definition) is 6. The summed E-state index contributed by atoms with van der Waals surface area (Å²) in [6.45, 7) is 1.34. The molecule has 0 heterocycles. The van der Waals surface area contributed by atoms with Gasteiger partial charge in [0.15, 0.2) is 6.10 Å². The van der Waals surface area contributed by atoms with E-state index in [9.17, 15) is 18.0 Å². The van der Waals surface area contributed by atoms with Crippen molar-refractivity contribution in [1.29, 1.82) is 0 Å². The molecule has 3 N–H and O–H groups in total. The lowest BCUT2D eigenvalue weighted by atomic mass is 10.2. The van der Waals surface area contributed by atoms with E-state index in [4.69, 9.17) is 15.2 Å². The third kappa shape index (κ3) is 4.51. The molecule has 138 valence electrons. The average Bonchev–Trinajstić information content (AvgIpc) is 2.61. The van der Waals surface area contributed by atoms with Crippen molar-refractivity contribution < 1.29 is 27.5 Å². The molecule has 2 aromatic carbocycles. The summed E-state index contributed by atoms with van der Waals surface area (Å²) in [5.41, 5.74) is 5.40. The van der Waals surface area contributed by atoms with Crippen molar-refractivity contribution in [3.8, 4) is 5.75 Å². The Balaban J connectivity index is 2.18. The summed E-state index contributed by atoms with van der Waals surface area (Å²) in [5.74, 6) is -1.19. The summed E-state index contributed by atoms with van der Waals surface area (Å²) in [6, 6.07) is 11.6. The normalized spacial score (nSPS) is 12.1. The molecule has 8 nitrogen and oxygen atoms in total. The van der Waals surface area contributed by atoms with E-state index in [0.717, 1.165) is 0 Å². The minimum Gasteiger partial charge on any atom is -0.495 e. The molecule has 0 saturated carbocycles. The van der Waals surface area contributed by atoms with Gasteiger partial charge in [-0.2, -0.15) is 0 Å². The topological polar surface area (TPSA) is 125 Å². The number of para-hydroxylation sites is 2. The highest BCUT2D eigenvalue weighted by molar-refractivity contribution is 7.92. The van der Waals surface area contributed by atoms with Crippen molar-refractivity contribution >= 4 is 27.6 Å².